The van der Waals surface area contributed by atoms with Crippen LogP contribution in [0.15, 0.2) is 71.3 Å². The summed E-state index contributed by atoms with van der Waals surface area (Å²) in [6.45, 7) is 1.61. The van der Waals surface area contributed by atoms with E-state index in [4.69, 9.17) is 9.15 Å². The Morgan fingerprint density at radius 1 is 1.06 bits per heavy atom. The Hall–Kier alpha value is -4.07. The summed E-state index contributed by atoms with van der Waals surface area (Å²) in [5.74, 6) is -0.445. The normalized spacial score (nSPS) is 14.2. The van der Waals surface area contributed by atoms with Gasteiger partial charge in [-0.25, -0.2) is 0 Å². The van der Waals surface area contributed by atoms with Crippen LogP contribution in [0, 0.1) is 6.92 Å². The summed E-state index contributed by atoms with van der Waals surface area (Å²) in [5.41, 5.74) is 2.14. The third-order valence-electron chi connectivity index (χ3n) is 6.33. The Balaban J connectivity index is 1.69. The number of anilines is 1. The van der Waals surface area contributed by atoms with Crippen molar-refractivity contribution in [3.05, 3.63) is 83.8 Å². The number of ether oxygens (including phenoxy) is 1. The summed E-state index contributed by atoms with van der Waals surface area (Å²) in [4.78, 5) is 41.3. The molecule has 1 aliphatic carbocycles. The average Bonchev–Trinajstić information content (AvgIpc) is 3.60. The van der Waals surface area contributed by atoms with Crippen molar-refractivity contribution in [2.45, 2.75) is 44.7 Å². The zero-order chi connectivity index (χ0) is 25.5. The Morgan fingerprint density at radius 2 is 1.81 bits per heavy atom. The van der Waals surface area contributed by atoms with Gasteiger partial charge in [0.25, 0.3) is 5.91 Å². The van der Waals surface area contributed by atoms with E-state index in [0.717, 1.165) is 31.2 Å². The molecule has 8 nitrogen and oxygen atoms in total. The van der Waals surface area contributed by atoms with Crippen molar-refractivity contribution in [1.29, 1.82) is 0 Å². The number of furan rings is 1. The molecule has 1 saturated carbocycles. The lowest BCUT2D eigenvalue weighted by Gasteiger charge is -2.32. The predicted octanol–water partition coefficient (Wildman–Crippen LogP) is 4.16. The van der Waals surface area contributed by atoms with Crippen LogP contribution in [0.5, 0.6) is 5.75 Å². The minimum atomic E-state index is -0.939. The fourth-order valence-electron chi connectivity index (χ4n) is 4.50. The van der Waals surface area contributed by atoms with E-state index in [-0.39, 0.29) is 24.3 Å². The minimum absolute atomic E-state index is 0.0753. The first-order valence-corrected chi connectivity index (χ1v) is 12.1. The number of nitrogens with one attached hydrogen (secondary N) is 2. The van der Waals surface area contributed by atoms with Crippen LogP contribution in [0.25, 0.3) is 0 Å². The Bertz CT molecular complexity index is 1180. The lowest BCUT2D eigenvalue weighted by molar-refractivity contribution is -0.126. The van der Waals surface area contributed by atoms with Crippen LogP contribution in [0.1, 0.15) is 53.4 Å². The number of amides is 3. The van der Waals surface area contributed by atoms with Crippen LogP contribution in [-0.2, 0) is 9.59 Å². The van der Waals surface area contributed by atoms with Gasteiger partial charge in [-0.2, -0.15) is 0 Å². The molecular formula is C28H31N3O5. The number of hydrogen-bond acceptors (Lipinski definition) is 5. The number of methoxy groups -OCH3 is 1. The van der Waals surface area contributed by atoms with E-state index in [2.05, 4.69) is 10.6 Å². The largest absolute Gasteiger partial charge is 0.497 e. The lowest BCUT2D eigenvalue weighted by Crippen LogP contribution is -2.49. The molecule has 2 N–H and O–H groups in total. The zero-order valence-corrected chi connectivity index (χ0v) is 20.5. The van der Waals surface area contributed by atoms with E-state index in [9.17, 15) is 14.4 Å². The summed E-state index contributed by atoms with van der Waals surface area (Å²) < 4.78 is 10.4. The monoisotopic (exact) mass is 489 g/mol. The van der Waals surface area contributed by atoms with Gasteiger partial charge in [-0.1, -0.05) is 37.1 Å². The molecule has 4 rings (SSSR count). The highest BCUT2D eigenvalue weighted by Crippen LogP contribution is 2.31. The third kappa shape index (κ3) is 5.94. The molecule has 1 heterocycles. The van der Waals surface area contributed by atoms with Gasteiger partial charge in [0.05, 0.1) is 19.9 Å². The van der Waals surface area contributed by atoms with Crippen molar-refractivity contribution in [3.63, 3.8) is 0 Å². The second-order valence-corrected chi connectivity index (χ2v) is 8.93. The average molecular weight is 490 g/mol. The third-order valence-corrected chi connectivity index (χ3v) is 6.33. The highest BCUT2D eigenvalue weighted by molar-refractivity contribution is 6.04. The number of carbonyl (C=O) groups is 3. The van der Waals surface area contributed by atoms with Gasteiger partial charge < -0.3 is 19.8 Å². The van der Waals surface area contributed by atoms with Crippen LogP contribution in [0.3, 0.4) is 0 Å². The Kier molecular flexibility index (Phi) is 8.05. The zero-order valence-electron chi connectivity index (χ0n) is 20.5. The standard InChI is InChI=1S/C28H31N3O5/c1-19-7-5-10-22(17-19)31(25(32)18-29-27(33)24-11-6-16-36-24)26(20-12-14-23(35-2)15-13-20)28(34)30-21-8-3-4-9-21/h5-7,10-17,21,26H,3-4,8-9,18H2,1-2H3,(H,29,33)(H,30,34)/t26-/m1/s1. The van der Waals surface area contributed by atoms with Gasteiger partial charge in [-0.3, -0.25) is 19.3 Å². The van der Waals surface area contributed by atoms with Crippen LogP contribution in [-0.4, -0.2) is 37.4 Å². The van der Waals surface area contributed by atoms with Gasteiger partial charge in [-0.15, -0.1) is 0 Å². The minimum Gasteiger partial charge on any atom is -0.497 e. The Morgan fingerprint density at radius 3 is 2.44 bits per heavy atom. The summed E-state index contributed by atoms with van der Waals surface area (Å²) in [5, 5.41) is 5.76. The second-order valence-electron chi connectivity index (χ2n) is 8.93. The first kappa shape index (κ1) is 25.0. The van der Waals surface area contributed by atoms with Crippen LogP contribution in [0.4, 0.5) is 5.69 Å². The van der Waals surface area contributed by atoms with Crippen molar-refractivity contribution >= 4 is 23.4 Å². The van der Waals surface area contributed by atoms with Gasteiger partial charge in [0.15, 0.2) is 5.76 Å². The summed E-state index contributed by atoms with van der Waals surface area (Å²) >= 11 is 0. The topological polar surface area (TPSA) is 101 Å². The van der Waals surface area contributed by atoms with Crippen molar-refractivity contribution in [3.8, 4) is 5.75 Å². The molecule has 2 aromatic carbocycles. The van der Waals surface area contributed by atoms with E-state index in [1.165, 1.54) is 17.2 Å². The fourth-order valence-corrected chi connectivity index (χ4v) is 4.50. The van der Waals surface area contributed by atoms with E-state index >= 15 is 0 Å². The molecule has 1 atom stereocenters. The number of aryl methyl sites for hydroxylation is 1. The maximum Gasteiger partial charge on any atom is 0.287 e. The molecule has 0 unspecified atom stereocenters. The smallest absolute Gasteiger partial charge is 0.287 e. The molecule has 3 aromatic rings. The lowest BCUT2D eigenvalue weighted by atomic mass is 10.0. The molecule has 3 amide bonds. The predicted molar refractivity (Wildman–Crippen MR) is 136 cm³/mol. The van der Waals surface area contributed by atoms with Crippen molar-refractivity contribution in [1.82, 2.24) is 10.6 Å². The summed E-state index contributed by atoms with van der Waals surface area (Å²) in [6, 6.07) is 16.8. The molecule has 188 valence electrons. The highest BCUT2D eigenvalue weighted by Gasteiger charge is 2.34. The van der Waals surface area contributed by atoms with Crippen molar-refractivity contribution in [2.24, 2.45) is 0 Å². The molecule has 0 bridgehead atoms. The maximum atomic E-state index is 13.7. The van der Waals surface area contributed by atoms with E-state index in [0.29, 0.717) is 17.0 Å². The van der Waals surface area contributed by atoms with Crippen LogP contribution >= 0.6 is 0 Å². The summed E-state index contributed by atoms with van der Waals surface area (Å²) in [7, 11) is 1.57. The highest BCUT2D eigenvalue weighted by atomic mass is 16.5. The molecule has 0 aliphatic heterocycles. The van der Waals surface area contributed by atoms with E-state index < -0.39 is 17.9 Å². The van der Waals surface area contributed by atoms with Crippen molar-refractivity contribution < 1.29 is 23.5 Å². The van der Waals surface area contributed by atoms with Gasteiger partial charge in [0.1, 0.15) is 11.8 Å². The first-order chi connectivity index (χ1) is 17.5. The summed E-state index contributed by atoms with van der Waals surface area (Å²) in [6.07, 6.45) is 5.36. The molecule has 36 heavy (non-hydrogen) atoms. The van der Waals surface area contributed by atoms with E-state index in [1.54, 1.807) is 43.5 Å². The number of benzene rings is 2. The Labute approximate surface area is 210 Å². The molecule has 0 spiro atoms. The molecule has 1 fully saturated rings. The van der Waals surface area contributed by atoms with Gasteiger partial charge in [0.2, 0.25) is 11.8 Å². The molecule has 0 saturated heterocycles. The molecular weight excluding hydrogens is 458 g/mol. The molecule has 1 aliphatic rings. The van der Waals surface area contributed by atoms with Crippen LogP contribution < -0.4 is 20.3 Å². The van der Waals surface area contributed by atoms with Crippen LogP contribution in [0.2, 0.25) is 0 Å². The maximum absolute atomic E-state index is 13.7. The second kappa shape index (κ2) is 11.6. The van der Waals surface area contributed by atoms with Gasteiger partial charge >= 0.3 is 0 Å². The van der Waals surface area contributed by atoms with Crippen molar-refractivity contribution in [2.75, 3.05) is 18.6 Å². The number of hydrogen-bond donors (Lipinski definition) is 2. The number of carbonyl (C=O) groups excluding carboxylic acids is 3. The van der Waals surface area contributed by atoms with Gasteiger partial charge in [0, 0.05) is 11.7 Å². The quantitative estimate of drug-likeness (QED) is 0.470. The number of nitrogens with zero attached hydrogens (tertiary/aromatic N) is 1. The van der Waals surface area contributed by atoms with Gasteiger partial charge in [-0.05, 0) is 67.3 Å². The first-order valence-electron chi connectivity index (χ1n) is 12.1. The van der Waals surface area contributed by atoms with E-state index in [1.807, 2.05) is 25.1 Å². The molecule has 8 heteroatoms. The molecule has 0 radical (unpaired) electrons. The SMILES string of the molecule is COc1ccc([C@H](C(=O)NC2CCCC2)N(C(=O)CNC(=O)c2ccco2)c2cccc(C)c2)cc1. The number of rotatable bonds is 9. The fraction of sp³-hybridized carbons (Fsp3) is 0.321. The molecule has 1 aromatic heterocycles.